The maximum atomic E-state index is 13.6. The second-order valence-corrected chi connectivity index (χ2v) is 6.49. The normalized spacial score (nSPS) is 19.7. The van der Waals surface area contributed by atoms with E-state index >= 15 is 0 Å². The Morgan fingerprint density at radius 2 is 1.84 bits per heavy atom. The third kappa shape index (κ3) is 3.47. The van der Waals surface area contributed by atoms with E-state index in [-0.39, 0.29) is 5.69 Å². The second-order valence-electron chi connectivity index (χ2n) is 6.49. The predicted octanol–water partition coefficient (Wildman–Crippen LogP) is 2.55. The van der Waals surface area contributed by atoms with Crippen molar-refractivity contribution in [3.8, 4) is 0 Å². The van der Waals surface area contributed by atoms with E-state index in [0.717, 1.165) is 48.8 Å². The molecule has 6 nitrogen and oxygen atoms in total. The van der Waals surface area contributed by atoms with Crippen molar-refractivity contribution in [2.24, 2.45) is 0 Å². The van der Waals surface area contributed by atoms with Gasteiger partial charge in [0.2, 0.25) is 5.91 Å². The molecule has 0 bridgehead atoms. The number of amides is 4. The van der Waals surface area contributed by atoms with Crippen LogP contribution in [0.2, 0.25) is 0 Å². The Bertz CT molecular complexity index is 715. The molecule has 1 aliphatic heterocycles. The number of halogens is 2. The van der Waals surface area contributed by atoms with Gasteiger partial charge in [-0.1, -0.05) is 25.7 Å². The molecule has 8 heteroatoms. The molecular weight excluding hydrogens is 332 g/mol. The van der Waals surface area contributed by atoms with Gasteiger partial charge in [-0.05, 0) is 25.0 Å². The molecule has 1 spiro atoms. The summed E-state index contributed by atoms with van der Waals surface area (Å²) >= 11 is 0. The molecule has 4 amide bonds. The molecule has 1 aliphatic carbocycles. The maximum Gasteiger partial charge on any atom is 0.325 e. The Balaban J connectivity index is 1.69. The molecule has 1 heterocycles. The van der Waals surface area contributed by atoms with Crippen molar-refractivity contribution in [3.63, 3.8) is 0 Å². The van der Waals surface area contributed by atoms with Crippen LogP contribution < -0.4 is 10.6 Å². The predicted molar refractivity (Wildman–Crippen MR) is 85.7 cm³/mol. The van der Waals surface area contributed by atoms with Crippen molar-refractivity contribution >= 4 is 23.5 Å². The first kappa shape index (κ1) is 17.3. The van der Waals surface area contributed by atoms with Crippen LogP contribution in [-0.4, -0.2) is 34.8 Å². The lowest BCUT2D eigenvalue weighted by atomic mass is 9.90. The van der Waals surface area contributed by atoms with Gasteiger partial charge in [0.05, 0.1) is 5.69 Å². The monoisotopic (exact) mass is 351 g/mol. The van der Waals surface area contributed by atoms with Crippen LogP contribution in [0.25, 0.3) is 0 Å². The fourth-order valence-electron chi connectivity index (χ4n) is 3.42. The van der Waals surface area contributed by atoms with Crippen molar-refractivity contribution < 1.29 is 23.2 Å². The fourth-order valence-corrected chi connectivity index (χ4v) is 3.42. The Morgan fingerprint density at radius 1 is 1.16 bits per heavy atom. The van der Waals surface area contributed by atoms with Crippen LogP contribution in [0.4, 0.5) is 19.3 Å². The lowest BCUT2D eigenvalue weighted by molar-refractivity contribution is -0.134. The van der Waals surface area contributed by atoms with E-state index in [4.69, 9.17) is 0 Å². The summed E-state index contributed by atoms with van der Waals surface area (Å²) in [7, 11) is 0. The van der Waals surface area contributed by atoms with Crippen LogP contribution in [0, 0.1) is 11.6 Å². The van der Waals surface area contributed by atoms with Gasteiger partial charge in [-0.15, -0.1) is 0 Å². The molecule has 0 unspecified atom stereocenters. The van der Waals surface area contributed by atoms with Crippen molar-refractivity contribution in [2.45, 2.75) is 44.1 Å². The van der Waals surface area contributed by atoms with Gasteiger partial charge in [0, 0.05) is 6.07 Å². The van der Waals surface area contributed by atoms with E-state index in [2.05, 4.69) is 10.6 Å². The number of carbonyl (C=O) groups is 3. The summed E-state index contributed by atoms with van der Waals surface area (Å²) in [5.74, 6) is -2.69. The summed E-state index contributed by atoms with van der Waals surface area (Å²) in [6.45, 7) is -0.539. The second kappa shape index (κ2) is 6.78. The summed E-state index contributed by atoms with van der Waals surface area (Å²) in [6, 6.07) is 2.03. The molecule has 0 radical (unpaired) electrons. The minimum absolute atomic E-state index is 0.332. The number of anilines is 1. The van der Waals surface area contributed by atoms with Gasteiger partial charge in [0.15, 0.2) is 0 Å². The van der Waals surface area contributed by atoms with Gasteiger partial charge in [-0.25, -0.2) is 13.6 Å². The van der Waals surface area contributed by atoms with Gasteiger partial charge in [0.25, 0.3) is 5.91 Å². The van der Waals surface area contributed by atoms with Gasteiger partial charge < -0.3 is 10.6 Å². The highest BCUT2D eigenvalue weighted by Crippen LogP contribution is 2.32. The largest absolute Gasteiger partial charge is 0.325 e. The molecule has 2 N–H and O–H groups in total. The lowest BCUT2D eigenvalue weighted by Gasteiger charge is -2.24. The number of hydrogen-bond acceptors (Lipinski definition) is 3. The average Bonchev–Trinajstić information content (AvgIpc) is 2.74. The van der Waals surface area contributed by atoms with E-state index in [0.29, 0.717) is 12.8 Å². The van der Waals surface area contributed by atoms with Crippen molar-refractivity contribution in [1.82, 2.24) is 10.2 Å². The molecular formula is C17H19F2N3O3. The van der Waals surface area contributed by atoms with Crippen LogP contribution in [0.5, 0.6) is 0 Å². The fraction of sp³-hybridized carbons (Fsp3) is 0.471. The molecule has 1 saturated heterocycles. The third-order valence-electron chi connectivity index (χ3n) is 4.71. The standard InChI is InChI=1S/C17H19F2N3O3/c18-11-5-6-12(19)13(9-11)20-14(23)10-22-15(24)17(21-16(22)25)7-3-1-2-4-8-17/h5-6,9H,1-4,7-8,10H2,(H,20,23)(H,21,25). The molecule has 1 aromatic rings. The molecule has 1 aromatic carbocycles. The minimum atomic E-state index is -0.933. The summed E-state index contributed by atoms with van der Waals surface area (Å²) in [5, 5.41) is 4.92. The van der Waals surface area contributed by atoms with Crippen molar-refractivity contribution in [1.29, 1.82) is 0 Å². The number of urea groups is 1. The van der Waals surface area contributed by atoms with Crippen LogP contribution in [0.15, 0.2) is 18.2 Å². The Morgan fingerprint density at radius 3 is 2.52 bits per heavy atom. The average molecular weight is 351 g/mol. The number of imide groups is 1. The SMILES string of the molecule is O=C(CN1C(=O)NC2(CCCCCC2)C1=O)Nc1cc(F)ccc1F. The van der Waals surface area contributed by atoms with E-state index in [9.17, 15) is 23.2 Å². The number of nitrogens with zero attached hydrogens (tertiary/aromatic N) is 1. The zero-order valence-corrected chi connectivity index (χ0v) is 13.6. The molecule has 0 aromatic heterocycles. The lowest BCUT2D eigenvalue weighted by Crippen LogP contribution is -2.47. The first-order valence-corrected chi connectivity index (χ1v) is 8.30. The summed E-state index contributed by atoms with van der Waals surface area (Å²) in [4.78, 5) is 37.8. The number of hydrogen-bond donors (Lipinski definition) is 2. The van der Waals surface area contributed by atoms with Gasteiger partial charge in [-0.3, -0.25) is 14.5 Å². The highest BCUT2D eigenvalue weighted by Gasteiger charge is 2.51. The summed E-state index contributed by atoms with van der Waals surface area (Å²) in [6.07, 6.45) is 4.78. The number of benzene rings is 1. The van der Waals surface area contributed by atoms with Crippen LogP contribution in [-0.2, 0) is 9.59 Å². The third-order valence-corrected chi connectivity index (χ3v) is 4.71. The maximum absolute atomic E-state index is 13.6. The number of nitrogens with one attached hydrogen (secondary N) is 2. The first-order valence-electron chi connectivity index (χ1n) is 8.30. The molecule has 0 atom stereocenters. The Labute approximate surface area is 143 Å². The van der Waals surface area contributed by atoms with Gasteiger partial charge in [-0.2, -0.15) is 0 Å². The summed E-state index contributed by atoms with van der Waals surface area (Å²) in [5.41, 5.74) is -1.26. The zero-order chi connectivity index (χ0) is 18.0. The quantitative estimate of drug-likeness (QED) is 0.822. The molecule has 1 saturated carbocycles. The van der Waals surface area contributed by atoms with E-state index in [1.807, 2.05) is 0 Å². The van der Waals surface area contributed by atoms with Crippen molar-refractivity contribution in [3.05, 3.63) is 29.8 Å². The molecule has 3 rings (SSSR count). The molecule has 25 heavy (non-hydrogen) atoms. The van der Waals surface area contributed by atoms with Crippen LogP contribution in [0.1, 0.15) is 38.5 Å². The number of carbonyl (C=O) groups excluding carboxylic acids is 3. The highest BCUT2D eigenvalue weighted by atomic mass is 19.1. The van der Waals surface area contributed by atoms with E-state index < -0.39 is 41.6 Å². The highest BCUT2D eigenvalue weighted by molar-refractivity contribution is 6.10. The van der Waals surface area contributed by atoms with Crippen LogP contribution >= 0.6 is 0 Å². The Hall–Kier alpha value is -2.51. The minimum Gasteiger partial charge on any atom is -0.323 e. The number of rotatable bonds is 3. The molecule has 134 valence electrons. The van der Waals surface area contributed by atoms with E-state index in [1.165, 1.54) is 0 Å². The topological polar surface area (TPSA) is 78.5 Å². The van der Waals surface area contributed by atoms with Crippen molar-refractivity contribution in [2.75, 3.05) is 11.9 Å². The van der Waals surface area contributed by atoms with E-state index in [1.54, 1.807) is 0 Å². The molecule has 2 fully saturated rings. The van der Waals surface area contributed by atoms with Crippen LogP contribution in [0.3, 0.4) is 0 Å². The smallest absolute Gasteiger partial charge is 0.323 e. The molecule has 2 aliphatic rings. The zero-order valence-electron chi connectivity index (χ0n) is 13.6. The van der Waals surface area contributed by atoms with Gasteiger partial charge >= 0.3 is 6.03 Å². The van der Waals surface area contributed by atoms with Gasteiger partial charge in [0.1, 0.15) is 23.7 Å². The first-order chi connectivity index (χ1) is 11.9. The summed E-state index contributed by atoms with van der Waals surface area (Å²) < 4.78 is 26.7. The Kier molecular flexibility index (Phi) is 4.69.